The fourth-order valence-electron chi connectivity index (χ4n) is 1.86. The van der Waals surface area contributed by atoms with Crippen LogP contribution in [0.1, 0.15) is 19.8 Å². The van der Waals surface area contributed by atoms with Crippen LogP contribution in [0, 0.1) is 32.8 Å². The van der Waals surface area contributed by atoms with E-state index in [0.29, 0.717) is 13.1 Å². The van der Waals surface area contributed by atoms with Crippen molar-refractivity contribution >= 4 is 23.4 Å². The highest BCUT2D eigenvalue weighted by atomic mass is 32.2. The molecule has 0 radical (unpaired) electrons. The molecule has 23 heavy (non-hydrogen) atoms. The zero-order valence-electron chi connectivity index (χ0n) is 12.6. The van der Waals surface area contributed by atoms with E-state index >= 15 is 0 Å². The summed E-state index contributed by atoms with van der Waals surface area (Å²) < 4.78 is 0. The highest BCUT2D eigenvalue weighted by molar-refractivity contribution is 8.00. The lowest BCUT2D eigenvalue weighted by molar-refractivity contribution is -0.384. The van der Waals surface area contributed by atoms with E-state index in [-0.39, 0.29) is 24.4 Å². The van der Waals surface area contributed by atoms with Gasteiger partial charge in [-0.25, -0.2) is 0 Å². The fourth-order valence-corrected chi connectivity index (χ4v) is 2.81. The lowest BCUT2D eigenvalue weighted by Crippen LogP contribution is -2.37. The van der Waals surface area contributed by atoms with Crippen LogP contribution in [0.3, 0.4) is 0 Å². The lowest BCUT2D eigenvalue weighted by atomic mass is 10.3. The van der Waals surface area contributed by atoms with Gasteiger partial charge >= 0.3 is 0 Å². The average Bonchev–Trinajstić information content (AvgIpc) is 2.55. The number of nitrogens with zero attached hydrogens (tertiary/aromatic N) is 4. The number of benzene rings is 1. The standard InChI is InChI=1S/C15H16N4O3S/c1-12(15(20)18(10-2-8-16)11-3-9-17)23-14-6-4-13(5-7-14)19(21)22/h4-7,12H,2-3,10-11H2,1H3. The van der Waals surface area contributed by atoms with Crippen LogP contribution in [-0.2, 0) is 4.79 Å². The smallest absolute Gasteiger partial charge is 0.269 e. The molecule has 1 rings (SSSR count). The molecule has 8 heteroatoms. The number of thioether (sulfide) groups is 1. The number of nitriles is 2. The van der Waals surface area contributed by atoms with Gasteiger partial charge < -0.3 is 4.90 Å². The predicted octanol–water partition coefficient (Wildman–Crippen LogP) is 2.73. The number of nitro benzene ring substituents is 1. The Labute approximate surface area is 138 Å². The van der Waals surface area contributed by atoms with Crippen LogP contribution < -0.4 is 0 Å². The number of hydrogen-bond donors (Lipinski definition) is 0. The van der Waals surface area contributed by atoms with Gasteiger partial charge in [-0.05, 0) is 19.1 Å². The first kappa shape index (κ1) is 18.5. The van der Waals surface area contributed by atoms with Gasteiger partial charge in [-0.2, -0.15) is 10.5 Å². The number of rotatable bonds is 8. The highest BCUT2D eigenvalue weighted by Gasteiger charge is 2.21. The van der Waals surface area contributed by atoms with Crippen LogP contribution in [0.2, 0.25) is 0 Å². The molecule has 0 bridgehead atoms. The third kappa shape index (κ3) is 5.97. The summed E-state index contributed by atoms with van der Waals surface area (Å²) in [7, 11) is 0. The molecule has 0 spiro atoms. The minimum Gasteiger partial charge on any atom is -0.340 e. The molecule has 0 saturated heterocycles. The molecule has 1 aromatic carbocycles. The summed E-state index contributed by atoms with van der Waals surface area (Å²) in [6.07, 6.45) is 0.429. The van der Waals surface area contributed by atoms with Crippen molar-refractivity contribution in [2.75, 3.05) is 13.1 Å². The number of carbonyl (C=O) groups excluding carboxylic acids is 1. The number of amides is 1. The summed E-state index contributed by atoms with van der Waals surface area (Å²) in [6.45, 7) is 2.32. The van der Waals surface area contributed by atoms with Crippen molar-refractivity contribution in [2.24, 2.45) is 0 Å². The first-order chi connectivity index (χ1) is 11.0. The zero-order valence-corrected chi connectivity index (χ0v) is 13.5. The molecule has 0 saturated carbocycles. The van der Waals surface area contributed by atoms with E-state index in [0.717, 1.165) is 4.90 Å². The molecule has 0 aliphatic heterocycles. The number of nitro groups is 1. The molecule has 0 aromatic heterocycles. The summed E-state index contributed by atoms with van der Waals surface area (Å²) in [5, 5.41) is 27.5. The van der Waals surface area contributed by atoms with Crippen molar-refractivity contribution in [3.63, 3.8) is 0 Å². The van der Waals surface area contributed by atoms with Crippen LogP contribution in [0.4, 0.5) is 5.69 Å². The Morgan fingerprint density at radius 1 is 1.26 bits per heavy atom. The molecule has 0 fully saturated rings. The van der Waals surface area contributed by atoms with Crippen molar-refractivity contribution in [1.82, 2.24) is 4.90 Å². The Bertz CT molecular complexity index is 616. The third-order valence-electron chi connectivity index (χ3n) is 3.01. The first-order valence-corrected chi connectivity index (χ1v) is 7.81. The van der Waals surface area contributed by atoms with Gasteiger partial charge in [-0.1, -0.05) is 0 Å². The Balaban J connectivity index is 2.71. The molecule has 1 atom stereocenters. The second kappa shape index (κ2) is 9.44. The van der Waals surface area contributed by atoms with E-state index in [2.05, 4.69) is 0 Å². The molecule has 7 nitrogen and oxygen atoms in total. The molecule has 1 aromatic rings. The molecule has 0 N–H and O–H groups in total. The molecule has 120 valence electrons. The van der Waals surface area contributed by atoms with Crippen LogP contribution >= 0.6 is 11.8 Å². The van der Waals surface area contributed by atoms with Crippen molar-refractivity contribution in [3.8, 4) is 12.1 Å². The predicted molar refractivity (Wildman–Crippen MR) is 85.5 cm³/mol. The maximum atomic E-state index is 12.4. The minimum absolute atomic E-state index is 0.00186. The second-order valence-electron chi connectivity index (χ2n) is 4.65. The number of carbonyl (C=O) groups is 1. The monoisotopic (exact) mass is 332 g/mol. The van der Waals surface area contributed by atoms with Gasteiger partial charge in [0.15, 0.2) is 0 Å². The van der Waals surface area contributed by atoms with Crippen LogP contribution in [0.25, 0.3) is 0 Å². The fraction of sp³-hybridized carbons (Fsp3) is 0.400. The zero-order chi connectivity index (χ0) is 17.2. The topological polar surface area (TPSA) is 111 Å². The lowest BCUT2D eigenvalue weighted by Gasteiger charge is -2.23. The van der Waals surface area contributed by atoms with Gasteiger partial charge in [0.05, 0.1) is 35.2 Å². The Kier molecular flexibility index (Phi) is 7.58. The number of hydrogen-bond acceptors (Lipinski definition) is 6. The van der Waals surface area contributed by atoms with Gasteiger partial charge in [0, 0.05) is 30.1 Å². The molecule has 0 heterocycles. The van der Waals surface area contributed by atoms with Gasteiger partial charge in [0.1, 0.15) is 0 Å². The number of non-ortho nitro benzene ring substituents is 1. The van der Waals surface area contributed by atoms with Gasteiger partial charge in [0.2, 0.25) is 5.91 Å². The van der Waals surface area contributed by atoms with E-state index in [1.165, 1.54) is 28.8 Å². The van der Waals surface area contributed by atoms with E-state index in [1.54, 1.807) is 19.1 Å². The van der Waals surface area contributed by atoms with Crippen molar-refractivity contribution in [3.05, 3.63) is 34.4 Å². The van der Waals surface area contributed by atoms with Crippen LogP contribution in [-0.4, -0.2) is 34.1 Å². The van der Waals surface area contributed by atoms with Gasteiger partial charge in [-0.15, -0.1) is 11.8 Å². The third-order valence-corrected chi connectivity index (χ3v) is 4.11. The van der Waals surface area contributed by atoms with Gasteiger partial charge in [-0.3, -0.25) is 14.9 Å². The largest absolute Gasteiger partial charge is 0.340 e. The summed E-state index contributed by atoms with van der Waals surface area (Å²) in [5.41, 5.74) is -0.00186. The van der Waals surface area contributed by atoms with Crippen LogP contribution in [0.5, 0.6) is 0 Å². The summed E-state index contributed by atoms with van der Waals surface area (Å²) in [5.74, 6) is -0.154. The van der Waals surface area contributed by atoms with Crippen molar-refractivity contribution < 1.29 is 9.72 Å². The highest BCUT2D eigenvalue weighted by Crippen LogP contribution is 2.26. The van der Waals surface area contributed by atoms with E-state index in [9.17, 15) is 14.9 Å². The molecule has 1 unspecified atom stereocenters. The Hall–Kier alpha value is -2.58. The van der Waals surface area contributed by atoms with Crippen LogP contribution in [0.15, 0.2) is 29.2 Å². The van der Waals surface area contributed by atoms with E-state index in [1.807, 2.05) is 12.1 Å². The van der Waals surface area contributed by atoms with E-state index < -0.39 is 10.2 Å². The molecule has 1 amide bonds. The Morgan fingerprint density at radius 3 is 2.22 bits per heavy atom. The molecular weight excluding hydrogens is 316 g/mol. The maximum Gasteiger partial charge on any atom is 0.269 e. The molecular formula is C15H16N4O3S. The maximum absolute atomic E-state index is 12.4. The van der Waals surface area contributed by atoms with Crippen molar-refractivity contribution in [1.29, 1.82) is 10.5 Å². The Morgan fingerprint density at radius 2 is 1.78 bits per heavy atom. The first-order valence-electron chi connectivity index (χ1n) is 6.93. The summed E-state index contributed by atoms with van der Waals surface area (Å²) in [6, 6.07) is 9.96. The SMILES string of the molecule is CC(Sc1ccc([N+](=O)[O-])cc1)C(=O)N(CCC#N)CCC#N. The summed E-state index contributed by atoms with van der Waals surface area (Å²) in [4.78, 5) is 24.8. The molecule has 0 aliphatic carbocycles. The van der Waals surface area contributed by atoms with E-state index in [4.69, 9.17) is 10.5 Å². The minimum atomic E-state index is -0.478. The van der Waals surface area contributed by atoms with Gasteiger partial charge in [0.25, 0.3) is 5.69 Å². The quantitative estimate of drug-likeness (QED) is 0.411. The normalized spacial score (nSPS) is 11.1. The second-order valence-corrected chi connectivity index (χ2v) is 6.07. The summed E-state index contributed by atoms with van der Waals surface area (Å²) >= 11 is 1.29. The van der Waals surface area contributed by atoms with Crippen molar-refractivity contribution in [2.45, 2.75) is 29.9 Å². The molecule has 0 aliphatic rings. The average molecular weight is 332 g/mol.